The van der Waals surface area contributed by atoms with E-state index in [4.69, 9.17) is 0 Å². The van der Waals surface area contributed by atoms with Gasteiger partial charge in [-0.2, -0.15) is 11.8 Å². The third kappa shape index (κ3) is 5.00. The number of anilines is 1. The number of amides is 1. The fraction of sp³-hybridized carbons (Fsp3) is 0.562. The summed E-state index contributed by atoms with van der Waals surface area (Å²) in [6.07, 6.45) is 8.50. The summed E-state index contributed by atoms with van der Waals surface area (Å²) in [5.41, 5.74) is 0.625. The van der Waals surface area contributed by atoms with E-state index in [0.717, 1.165) is 6.54 Å². The van der Waals surface area contributed by atoms with Crippen molar-refractivity contribution in [3.05, 3.63) is 30.1 Å². The van der Waals surface area contributed by atoms with Crippen molar-refractivity contribution in [3.8, 4) is 0 Å². The minimum atomic E-state index is -0.301. The number of thioether (sulfide) groups is 1. The van der Waals surface area contributed by atoms with Gasteiger partial charge in [0.2, 0.25) is 5.91 Å². The zero-order valence-electron chi connectivity index (χ0n) is 12.5. The van der Waals surface area contributed by atoms with Crippen molar-refractivity contribution in [2.75, 3.05) is 24.7 Å². The summed E-state index contributed by atoms with van der Waals surface area (Å²) in [5, 5.41) is 6.03. The van der Waals surface area contributed by atoms with Gasteiger partial charge in [0, 0.05) is 17.0 Å². The quantitative estimate of drug-likeness (QED) is 0.846. The molecule has 0 unspecified atom stereocenters. The van der Waals surface area contributed by atoms with E-state index in [2.05, 4.69) is 16.9 Å². The van der Waals surface area contributed by atoms with Crippen LogP contribution in [-0.4, -0.2) is 30.0 Å². The van der Waals surface area contributed by atoms with Crippen molar-refractivity contribution in [3.63, 3.8) is 0 Å². The molecule has 1 aliphatic rings. The summed E-state index contributed by atoms with van der Waals surface area (Å²) in [4.78, 5) is 11.9. The maximum Gasteiger partial charge on any atom is 0.238 e. The molecule has 0 spiro atoms. The lowest BCUT2D eigenvalue weighted by molar-refractivity contribution is -0.115. The highest BCUT2D eigenvalue weighted by atomic mass is 32.2. The maximum absolute atomic E-state index is 12.8. The Morgan fingerprint density at radius 2 is 1.90 bits per heavy atom. The highest BCUT2D eigenvalue weighted by Crippen LogP contribution is 2.37. The number of hydrogen-bond donors (Lipinski definition) is 2. The van der Waals surface area contributed by atoms with Gasteiger partial charge in [-0.25, -0.2) is 4.39 Å². The van der Waals surface area contributed by atoms with Crippen LogP contribution < -0.4 is 10.6 Å². The summed E-state index contributed by atoms with van der Waals surface area (Å²) in [7, 11) is 0. The van der Waals surface area contributed by atoms with Gasteiger partial charge in [0.25, 0.3) is 0 Å². The van der Waals surface area contributed by atoms with Crippen LogP contribution in [0.5, 0.6) is 0 Å². The average molecular weight is 310 g/mol. The molecule has 1 aliphatic carbocycles. The lowest BCUT2D eigenvalue weighted by Crippen LogP contribution is -2.42. The molecule has 0 aromatic heterocycles. The van der Waals surface area contributed by atoms with Gasteiger partial charge < -0.3 is 10.6 Å². The molecule has 1 saturated carbocycles. The first-order chi connectivity index (χ1) is 10.1. The van der Waals surface area contributed by atoms with Crippen molar-refractivity contribution in [1.82, 2.24) is 5.32 Å². The Balaban J connectivity index is 1.74. The first kappa shape index (κ1) is 16.3. The lowest BCUT2D eigenvalue weighted by Gasteiger charge is -2.36. The summed E-state index contributed by atoms with van der Waals surface area (Å²) < 4.78 is 13.1. The van der Waals surface area contributed by atoms with Crippen molar-refractivity contribution >= 4 is 23.4 Å². The van der Waals surface area contributed by atoms with E-state index in [0.29, 0.717) is 12.2 Å². The van der Waals surface area contributed by atoms with E-state index in [-0.39, 0.29) is 16.5 Å². The van der Waals surface area contributed by atoms with E-state index >= 15 is 0 Å². The molecule has 1 fully saturated rings. The Morgan fingerprint density at radius 3 is 2.52 bits per heavy atom. The summed E-state index contributed by atoms with van der Waals surface area (Å²) in [6.45, 7) is 1.16. The van der Waals surface area contributed by atoms with E-state index < -0.39 is 0 Å². The topological polar surface area (TPSA) is 41.1 Å². The predicted molar refractivity (Wildman–Crippen MR) is 87.2 cm³/mol. The molecule has 1 amide bonds. The molecular formula is C16H23FN2OS. The fourth-order valence-corrected chi connectivity index (χ4v) is 3.73. The monoisotopic (exact) mass is 310 g/mol. The Kier molecular flexibility index (Phi) is 6.06. The van der Waals surface area contributed by atoms with Gasteiger partial charge in [-0.1, -0.05) is 19.3 Å². The molecule has 2 N–H and O–H groups in total. The highest BCUT2D eigenvalue weighted by molar-refractivity contribution is 8.00. The minimum Gasteiger partial charge on any atom is -0.325 e. The van der Waals surface area contributed by atoms with E-state index in [1.165, 1.54) is 44.2 Å². The third-order valence-corrected chi connectivity index (χ3v) is 5.48. The Hall–Kier alpha value is -1.07. The minimum absolute atomic E-state index is 0.0892. The average Bonchev–Trinajstić information content (AvgIpc) is 2.50. The van der Waals surface area contributed by atoms with Crippen LogP contribution in [0.15, 0.2) is 24.3 Å². The third-order valence-electron chi connectivity index (χ3n) is 4.06. The molecule has 0 bridgehead atoms. The van der Waals surface area contributed by atoms with E-state index in [1.807, 2.05) is 11.8 Å². The van der Waals surface area contributed by atoms with Gasteiger partial charge in [0.1, 0.15) is 5.82 Å². The van der Waals surface area contributed by atoms with E-state index in [1.54, 1.807) is 12.1 Å². The van der Waals surface area contributed by atoms with Crippen LogP contribution in [0.4, 0.5) is 10.1 Å². The lowest BCUT2D eigenvalue weighted by atomic mass is 9.88. The first-order valence-corrected chi connectivity index (χ1v) is 8.67. The SMILES string of the molecule is CSC1(CNCC(=O)Nc2ccc(F)cc2)CCCCC1. The Labute approximate surface area is 130 Å². The molecule has 21 heavy (non-hydrogen) atoms. The molecule has 0 atom stereocenters. The number of rotatable bonds is 6. The molecule has 0 saturated heterocycles. The smallest absolute Gasteiger partial charge is 0.238 e. The van der Waals surface area contributed by atoms with Gasteiger partial charge in [0.15, 0.2) is 0 Å². The molecule has 0 aliphatic heterocycles. The first-order valence-electron chi connectivity index (χ1n) is 7.45. The van der Waals surface area contributed by atoms with E-state index in [9.17, 15) is 9.18 Å². The molecule has 5 heteroatoms. The largest absolute Gasteiger partial charge is 0.325 e. The highest BCUT2D eigenvalue weighted by Gasteiger charge is 2.30. The standard InChI is InChI=1S/C16H23FN2OS/c1-21-16(9-3-2-4-10-16)12-18-11-15(20)19-14-7-5-13(17)6-8-14/h5-8,18H,2-4,9-12H2,1H3,(H,19,20). The second-order valence-electron chi connectivity index (χ2n) is 5.61. The predicted octanol–water partition coefficient (Wildman–Crippen LogP) is 3.42. The van der Waals surface area contributed by atoms with Crippen LogP contribution in [0.3, 0.4) is 0 Å². The molecule has 0 radical (unpaired) electrons. The van der Waals surface area contributed by atoms with Crippen LogP contribution in [0.25, 0.3) is 0 Å². The van der Waals surface area contributed by atoms with Gasteiger partial charge in [-0.05, 0) is 43.4 Å². The number of halogens is 1. The van der Waals surface area contributed by atoms with Crippen LogP contribution in [0.1, 0.15) is 32.1 Å². The zero-order chi connectivity index (χ0) is 15.1. The Bertz CT molecular complexity index is 458. The Morgan fingerprint density at radius 1 is 1.24 bits per heavy atom. The number of carbonyl (C=O) groups excluding carboxylic acids is 1. The zero-order valence-corrected chi connectivity index (χ0v) is 13.3. The van der Waals surface area contributed by atoms with Crippen LogP contribution in [0.2, 0.25) is 0 Å². The molecule has 0 heterocycles. The number of hydrogen-bond acceptors (Lipinski definition) is 3. The molecule has 1 aromatic rings. The van der Waals surface area contributed by atoms with Crippen LogP contribution >= 0.6 is 11.8 Å². The van der Waals surface area contributed by atoms with Crippen molar-refractivity contribution < 1.29 is 9.18 Å². The summed E-state index contributed by atoms with van der Waals surface area (Å²) in [6, 6.07) is 5.82. The normalized spacial score (nSPS) is 17.4. The number of carbonyl (C=O) groups is 1. The molecule has 2 rings (SSSR count). The second-order valence-corrected chi connectivity index (χ2v) is 6.88. The van der Waals surface area contributed by atoms with Crippen LogP contribution in [0, 0.1) is 5.82 Å². The van der Waals surface area contributed by atoms with Crippen LogP contribution in [-0.2, 0) is 4.79 Å². The van der Waals surface area contributed by atoms with Gasteiger partial charge >= 0.3 is 0 Å². The molecule has 116 valence electrons. The van der Waals surface area contributed by atoms with Crippen molar-refractivity contribution in [2.24, 2.45) is 0 Å². The number of nitrogens with one attached hydrogen (secondary N) is 2. The molecular weight excluding hydrogens is 287 g/mol. The van der Waals surface area contributed by atoms with Crippen molar-refractivity contribution in [2.45, 2.75) is 36.9 Å². The molecule has 1 aromatic carbocycles. The van der Waals surface area contributed by atoms with Crippen molar-refractivity contribution in [1.29, 1.82) is 0 Å². The fourth-order valence-electron chi connectivity index (χ4n) is 2.79. The summed E-state index contributed by atoms with van der Waals surface area (Å²) in [5.74, 6) is -0.390. The van der Waals surface area contributed by atoms with Gasteiger partial charge in [-0.3, -0.25) is 4.79 Å². The second kappa shape index (κ2) is 7.80. The molecule has 3 nitrogen and oxygen atoms in total. The number of benzene rings is 1. The van der Waals surface area contributed by atoms with Gasteiger partial charge in [-0.15, -0.1) is 0 Å². The maximum atomic E-state index is 12.8. The summed E-state index contributed by atoms with van der Waals surface area (Å²) >= 11 is 1.91. The van der Waals surface area contributed by atoms with Gasteiger partial charge in [0.05, 0.1) is 6.54 Å².